The number of amides is 1. The minimum atomic E-state index is -3.61. The smallest absolute Gasteiger partial charge is 0.310 e. The highest BCUT2D eigenvalue weighted by molar-refractivity contribution is 7.87. The number of hydrogen-bond acceptors (Lipinski definition) is 5. The van der Waals surface area contributed by atoms with Gasteiger partial charge in [-0.1, -0.05) is 32.0 Å². The first-order chi connectivity index (χ1) is 12.3. The topological polar surface area (TPSA) is 75.7 Å². The van der Waals surface area contributed by atoms with Gasteiger partial charge in [0.1, 0.15) is 5.75 Å². The van der Waals surface area contributed by atoms with Crippen molar-refractivity contribution in [3.8, 4) is 5.75 Å². The summed E-state index contributed by atoms with van der Waals surface area (Å²) in [4.78, 5) is 14.4. The molecule has 1 aromatic rings. The second-order valence-corrected chi connectivity index (χ2v) is 9.01. The Balaban J connectivity index is 1.74. The van der Waals surface area contributed by atoms with Gasteiger partial charge >= 0.3 is 10.1 Å². The van der Waals surface area contributed by atoms with Crippen molar-refractivity contribution in [1.29, 1.82) is 0 Å². The van der Waals surface area contributed by atoms with Crippen molar-refractivity contribution in [1.82, 2.24) is 10.2 Å². The van der Waals surface area contributed by atoms with Crippen LogP contribution in [-0.2, 0) is 14.9 Å². The lowest BCUT2D eigenvalue weighted by Gasteiger charge is -2.32. The summed E-state index contributed by atoms with van der Waals surface area (Å²) >= 11 is 0. The van der Waals surface area contributed by atoms with Crippen molar-refractivity contribution >= 4 is 16.0 Å². The minimum Gasteiger partial charge on any atom is -0.382 e. The molecular weight excluding hydrogens is 352 g/mol. The highest BCUT2D eigenvalue weighted by Gasteiger charge is 2.27. The van der Waals surface area contributed by atoms with E-state index in [0.29, 0.717) is 18.2 Å². The van der Waals surface area contributed by atoms with E-state index < -0.39 is 10.1 Å². The zero-order chi connectivity index (χ0) is 19.2. The van der Waals surface area contributed by atoms with Crippen LogP contribution in [-0.4, -0.2) is 50.7 Å². The first-order valence-electron chi connectivity index (χ1n) is 9.27. The molecule has 1 atom stereocenters. The van der Waals surface area contributed by atoms with Crippen LogP contribution in [0, 0.1) is 11.8 Å². The van der Waals surface area contributed by atoms with Gasteiger partial charge in [0.2, 0.25) is 5.91 Å². The molecule has 1 aromatic carbocycles. The van der Waals surface area contributed by atoms with Crippen LogP contribution in [0.15, 0.2) is 30.3 Å². The number of carbonyl (C=O) groups is 1. The molecule has 0 saturated carbocycles. The van der Waals surface area contributed by atoms with Gasteiger partial charge in [-0.05, 0) is 50.9 Å². The number of para-hydroxylation sites is 1. The first kappa shape index (κ1) is 20.7. The van der Waals surface area contributed by atoms with Gasteiger partial charge in [-0.2, -0.15) is 8.42 Å². The molecule has 1 aliphatic heterocycles. The summed E-state index contributed by atoms with van der Waals surface area (Å²) in [6.45, 7) is 8.09. The maximum atomic E-state index is 12.3. The normalized spacial score (nSPS) is 17.8. The molecule has 1 amide bonds. The van der Waals surface area contributed by atoms with Gasteiger partial charge in [0.15, 0.2) is 0 Å². The largest absolute Gasteiger partial charge is 0.382 e. The highest BCUT2D eigenvalue weighted by Crippen LogP contribution is 2.18. The molecule has 7 heteroatoms. The van der Waals surface area contributed by atoms with Crippen molar-refractivity contribution in [2.45, 2.75) is 39.7 Å². The van der Waals surface area contributed by atoms with Gasteiger partial charge in [-0.15, -0.1) is 0 Å². The molecule has 0 radical (unpaired) electrons. The van der Waals surface area contributed by atoms with Crippen LogP contribution in [0.1, 0.15) is 33.6 Å². The molecule has 26 heavy (non-hydrogen) atoms. The average molecular weight is 383 g/mol. The lowest BCUT2D eigenvalue weighted by Crippen LogP contribution is -2.45. The second kappa shape index (κ2) is 9.37. The Kier molecular flexibility index (Phi) is 7.46. The molecule has 0 spiro atoms. The highest BCUT2D eigenvalue weighted by atomic mass is 32.2. The molecule has 6 nitrogen and oxygen atoms in total. The van der Waals surface area contributed by atoms with Crippen LogP contribution in [0.5, 0.6) is 5.75 Å². The average Bonchev–Trinajstić information content (AvgIpc) is 2.61. The Labute approximate surface area is 157 Å². The maximum absolute atomic E-state index is 12.3. The molecule has 1 fully saturated rings. The van der Waals surface area contributed by atoms with E-state index >= 15 is 0 Å². The Morgan fingerprint density at radius 1 is 1.19 bits per heavy atom. The number of rotatable bonds is 8. The quantitative estimate of drug-likeness (QED) is 0.698. The fourth-order valence-electron chi connectivity index (χ4n) is 2.83. The van der Waals surface area contributed by atoms with Crippen LogP contribution in [0.2, 0.25) is 0 Å². The zero-order valence-electron chi connectivity index (χ0n) is 15.8. The fraction of sp³-hybridized carbons (Fsp3) is 0.632. The maximum Gasteiger partial charge on any atom is 0.310 e. The third kappa shape index (κ3) is 6.61. The number of hydrogen-bond donors (Lipinski definition) is 1. The Morgan fingerprint density at radius 3 is 2.38 bits per heavy atom. The molecule has 1 unspecified atom stereocenters. The first-order valence-corrected chi connectivity index (χ1v) is 10.8. The molecule has 0 aliphatic carbocycles. The Morgan fingerprint density at radius 2 is 1.81 bits per heavy atom. The molecular formula is C19H30N2O4S. The zero-order valence-corrected chi connectivity index (χ0v) is 16.7. The van der Waals surface area contributed by atoms with E-state index in [2.05, 4.69) is 24.1 Å². The molecule has 1 saturated heterocycles. The number of likely N-dealkylation sites (tertiary alicyclic amines) is 1. The second-order valence-electron chi connectivity index (χ2n) is 7.32. The van der Waals surface area contributed by atoms with Crippen LogP contribution in [0.25, 0.3) is 0 Å². The van der Waals surface area contributed by atoms with E-state index in [-0.39, 0.29) is 23.6 Å². The summed E-state index contributed by atoms with van der Waals surface area (Å²) in [6.07, 6.45) is 1.52. The SMILES string of the molecule is CC(C)C(C)NC(=O)C1CCN(CCS(=O)(=O)Oc2ccccc2)CC1. The summed E-state index contributed by atoms with van der Waals surface area (Å²) < 4.78 is 29.3. The van der Waals surface area contributed by atoms with Gasteiger partial charge in [-0.25, -0.2) is 0 Å². The van der Waals surface area contributed by atoms with Crippen molar-refractivity contribution in [3.05, 3.63) is 30.3 Å². The summed E-state index contributed by atoms with van der Waals surface area (Å²) in [7, 11) is -3.61. The summed E-state index contributed by atoms with van der Waals surface area (Å²) in [5.41, 5.74) is 0. The van der Waals surface area contributed by atoms with Gasteiger partial charge in [0, 0.05) is 18.5 Å². The molecule has 1 aliphatic rings. The molecule has 0 bridgehead atoms. The van der Waals surface area contributed by atoms with Gasteiger partial charge < -0.3 is 14.4 Å². The van der Waals surface area contributed by atoms with E-state index in [0.717, 1.165) is 25.9 Å². The number of nitrogens with one attached hydrogen (secondary N) is 1. The summed E-state index contributed by atoms with van der Waals surface area (Å²) in [6, 6.07) is 8.70. The van der Waals surface area contributed by atoms with E-state index in [1.165, 1.54) is 0 Å². The van der Waals surface area contributed by atoms with Crippen molar-refractivity contribution < 1.29 is 17.4 Å². The van der Waals surface area contributed by atoms with E-state index in [9.17, 15) is 13.2 Å². The number of benzene rings is 1. The van der Waals surface area contributed by atoms with E-state index in [1.54, 1.807) is 24.3 Å². The van der Waals surface area contributed by atoms with Crippen LogP contribution in [0.4, 0.5) is 0 Å². The minimum absolute atomic E-state index is 0.0182. The molecule has 1 N–H and O–H groups in total. The number of piperidine rings is 1. The Bertz CT molecular complexity index is 668. The standard InChI is InChI=1S/C19H30N2O4S/c1-15(2)16(3)20-19(22)17-9-11-21(12-10-17)13-14-26(23,24)25-18-7-5-4-6-8-18/h4-8,15-17H,9-14H2,1-3H3,(H,20,22). The van der Waals surface area contributed by atoms with E-state index in [1.807, 2.05) is 13.0 Å². The molecule has 146 valence electrons. The van der Waals surface area contributed by atoms with Gasteiger partial charge in [0.25, 0.3) is 0 Å². The number of carbonyl (C=O) groups excluding carboxylic acids is 1. The van der Waals surface area contributed by atoms with Crippen LogP contribution < -0.4 is 9.50 Å². The van der Waals surface area contributed by atoms with Crippen LogP contribution >= 0.6 is 0 Å². The summed E-state index contributed by atoms with van der Waals surface area (Å²) in [5.74, 6) is 0.829. The van der Waals surface area contributed by atoms with Crippen molar-refractivity contribution in [3.63, 3.8) is 0 Å². The predicted octanol–water partition coefficient (Wildman–Crippen LogP) is 2.27. The number of nitrogens with zero attached hydrogens (tertiary/aromatic N) is 1. The molecule has 2 rings (SSSR count). The van der Waals surface area contributed by atoms with Crippen molar-refractivity contribution in [2.75, 3.05) is 25.4 Å². The van der Waals surface area contributed by atoms with Gasteiger partial charge in [-0.3, -0.25) is 4.79 Å². The van der Waals surface area contributed by atoms with Crippen molar-refractivity contribution in [2.24, 2.45) is 11.8 Å². The predicted molar refractivity (Wildman–Crippen MR) is 102 cm³/mol. The van der Waals surface area contributed by atoms with Gasteiger partial charge in [0.05, 0.1) is 5.75 Å². The Hall–Kier alpha value is -1.60. The third-order valence-corrected chi connectivity index (χ3v) is 6.08. The van der Waals surface area contributed by atoms with E-state index in [4.69, 9.17) is 4.18 Å². The van der Waals surface area contributed by atoms with Crippen LogP contribution in [0.3, 0.4) is 0 Å². The third-order valence-electron chi connectivity index (χ3n) is 4.95. The monoisotopic (exact) mass is 382 g/mol. The molecule has 0 aromatic heterocycles. The molecule has 1 heterocycles. The fourth-order valence-corrected chi connectivity index (χ4v) is 3.80. The lowest BCUT2D eigenvalue weighted by molar-refractivity contribution is -0.127. The summed E-state index contributed by atoms with van der Waals surface area (Å²) in [5, 5.41) is 3.07. The lowest BCUT2D eigenvalue weighted by atomic mass is 9.95.